The number of likely N-dealkylation sites (tertiary alicyclic amines) is 1. The predicted octanol–water partition coefficient (Wildman–Crippen LogP) is -0.583. The van der Waals surface area contributed by atoms with Gasteiger partial charge in [-0.1, -0.05) is 0 Å². The molecular formula is C5H12N2O2S. The van der Waals surface area contributed by atoms with Crippen LogP contribution in [0.3, 0.4) is 0 Å². The first-order chi connectivity index (χ1) is 4.68. The van der Waals surface area contributed by atoms with Gasteiger partial charge in [0.15, 0.2) is 0 Å². The van der Waals surface area contributed by atoms with E-state index in [4.69, 9.17) is 4.55 Å². The van der Waals surface area contributed by atoms with Crippen LogP contribution in [0.25, 0.3) is 0 Å². The molecule has 0 radical (unpaired) electrons. The standard InChI is InChI=1S/C5H12N2O2S/c1-7-3-2-5(4-7)6-10(8)9/h5-6H,2-4H2,1H3,(H,8,9). The van der Waals surface area contributed by atoms with Crippen LogP contribution in [0.4, 0.5) is 0 Å². The summed E-state index contributed by atoms with van der Waals surface area (Å²) in [4.78, 5) is 2.13. The fraction of sp³-hybridized carbons (Fsp3) is 1.00. The van der Waals surface area contributed by atoms with Crippen LogP contribution in [-0.4, -0.2) is 39.8 Å². The molecule has 1 fully saturated rings. The number of likely N-dealkylation sites (N-methyl/N-ethyl adjacent to an activating group) is 1. The third kappa shape index (κ3) is 2.34. The summed E-state index contributed by atoms with van der Waals surface area (Å²) in [7, 11) is 2.00. The van der Waals surface area contributed by atoms with Gasteiger partial charge in [0, 0.05) is 12.6 Å². The minimum Gasteiger partial charge on any atom is -0.305 e. The summed E-state index contributed by atoms with van der Waals surface area (Å²) in [6.07, 6.45) is 0.961. The van der Waals surface area contributed by atoms with E-state index in [1.54, 1.807) is 0 Å². The highest BCUT2D eigenvalue weighted by Crippen LogP contribution is 2.05. The highest BCUT2D eigenvalue weighted by atomic mass is 32.2. The first-order valence-electron chi connectivity index (χ1n) is 3.24. The van der Waals surface area contributed by atoms with Gasteiger partial charge in [0.2, 0.25) is 11.3 Å². The topological polar surface area (TPSA) is 52.6 Å². The molecule has 1 saturated heterocycles. The zero-order valence-corrected chi connectivity index (χ0v) is 6.73. The van der Waals surface area contributed by atoms with Crippen molar-refractivity contribution < 1.29 is 8.76 Å². The van der Waals surface area contributed by atoms with Crippen molar-refractivity contribution in [3.63, 3.8) is 0 Å². The average Bonchev–Trinajstić information content (AvgIpc) is 2.13. The summed E-state index contributed by atoms with van der Waals surface area (Å²) >= 11 is -1.85. The van der Waals surface area contributed by atoms with Crippen molar-refractivity contribution in [3.8, 4) is 0 Å². The summed E-state index contributed by atoms with van der Waals surface area (Å²) in [6, 6.07) is 0.191. The lowest BCUT2D eigenvalue weighted by molar-refractivity contribution is 0.406. The Morgan fingerprint density at radius 3 is 2.90 bits per heavy atom. The van der Waals surface area contributed by atoms with Gasteiger partial charge in [-0.3, -0.25) is 4.55 Å². The molecule has 0 amide bonds. The first-order valence-corrected chi connectivity index (χ1v) is 4.34. The summed E-state index contributed by atoms with van der Waals surface area (Å²) in [6.45, 7) is 1.88. The maximum Gasteiger partial charge on any atom is 0.232 e. The number of hydrogen-bond acceptors (Lipinski definition) is 2. The molecule has 2 N–H and O–H groups in total. The second-order valence-electron chi connectivity index (χ2n) is 2.61. The average molecular weight is 164 g/mol. The molecule has 2 atom stereocenters. The molecule has 4 nitrogen and oxygen atoms in total. The monoisotopic (exact) mass is 164 g/mol. The van der Waals surface area contributed by atoms with E-state index in [1.807, 2.05) is 7.05 Å². The van der Waals surface area contributed by atoms with Gasteiger partial charge in [-0.2, -0.15) is 0 Å². The van der Waals surface area contributed by atoms with Gasteiger partial charge < -0.3 is 4.90 Å². The number of hydrogen-bond donors (Lipinski definition) is 2. The lowest BCUT2D eigenvalue weighted by Gasteiger charge is -2.08. The maximum absolute atomic E-state index is 10.2. The van der Waals surface area contributed by atoms with Crippen LogP contribution >= 0.6 is 0 Å². The smallest absolute Gasteiger partial charge is 0.232 e. The third-order valence-corrected chi connectivity index (χ3v) is 2.19. The lowest BCUT2D eigenvalue weighted by Crippen LogP contribution is -2.32. The van der Waals surface area contributed by atoms with Gasteiger partial charge in [-0.25, -0.2) is 8.93 Å². The highest BCUT2D eigenvalue weighted by molar-refractivity contribution is 7.77. The van der Waals surface area contributed by atoms with Crippen molar-refractivity contribution in [2.45, 2.75) is 12.5 Å². The zero-order valence-electron chi connectivity index (χ0n) is 5.91. The lowest BCUT2D eigenvalue weighted by atomic mass is 10.3. The van der Waals surface area contributed by atoms with Crippen molar-refractivity contribution in [3.05, 3.63) is 0 Å². The number of nitrogens with zero attached hydrogens (tertiary/aromatic N) is 1. The Balaban J connectivity index is 2.24. The molecule has 1 aliphatic heterocycles. The van der Waals surface area contributed by atoms with E-state index in [9.17, 15) is 4.21 Å². The predicted molar refractivity (Wildman–Crippen MR) is 39.8 cm³/mol. The van der Waals surface area contributed by atoms with Crippen LogP contribution in [0.2, 0.25) is 0 Å². The molecule has 0 bridgehead atoms. The summed E-state index contributed by atoms with van der Waals surface area (Å²) < 4.78 is 21.2. The van der Waals surface area contributed by atoms with Gasteiger partial charge in [0.05, 0.1) is 0 Å². The molecule has 2 unspecified atom stereocenters. The van der Waals surface area contributed by atoms with E-state index in [2.05, 4.69) is 9.62 Å². The second-order valence-corrected chi connectivity index (χ2v) is 3.35. The third-order valence-electron chi connectivity index (χ3n) is 1.66. The van der Waals surface area contributed by atoms with Gasteiger partial charge in [0.25, 0.3) is 0 Å². The van der Waals surface area contributed by atoms with Crippen LogP contribution in [0.5, 0.6) is 0 Å². The highest BCUT2D eigenvalue weighted by Gasteiger charge is 2.19. The fourth-order valence-electron chi connectivity index (χ4n) is 1.17. The SMILES string of the molecule is CN1CCC(NS(=O)O)C1. The van der Waals surface area contributed by atoms with Crippen molar-refractivity contribution in [2.24, 2.45) is 0 Å². The Labute approximate surface area is 63.0 Å². The van der Waals surface area contributed by atoms with Crippen LogP contribution in [0, 0.1) is 0 Å². The summed E-state index contributed by atoms with van der Waals surface area (Å²) in [5.74, 6) is 0. The summed E-state index contributed by atoms with van der Waals surface area (Å²) in [5, 5.41) is 0. The van der Waals surface area contributed by atoms with Gasteiger partial charge >= 0.3 is 0 Å². The Bertz CT molecular complexity index is 142. The number of nitrogens with one attached hydrogen (secondary N) is 1. The molecule has 0 aliphatic carbocycles. The molecule has 0 aromatic rings. The second kappa shape index (κ2) is 3.43. The van der Waals surface area contributed by atoms with Crippen molar-refractivity contribution in [2.75, 3.05) is 20.1 Å². The molecule has 10 heavy (non-hydrogen) atoms. The van der Waals surface area contributed by atoms with E-state index in [1.165, 1.54) is 0 Å². The van der Waals surface area contributed by atoms with Crippen LogP contribution in [0.1, 0.15) is 6.42 Å². The zero-order chi connectivity index (χ0) is 7.56. The van der Waals surface area contributed by atoms with E-state index >= 15 is 0 Å². The molecule has 5 heteroatoms. The van der Waals surface area contributed by atoms with Gasteiger partial charge in [-0.15, -0.1) is 0 Å². The molecule has 1 rings (SSSR count). The van der Waals surface area contributed by atoms with E-state index in [-0.39, 0.29) is 6.04 Å². The van der Waals surface area contributed by atoms with Crippen LogP contribution in [-0.2, 0) is 11.3 Å². The fourth-order valence-corrected chi connectivity index (χ4v) is 1.65. The molecule has 1 heterocycles. The molecular weight excluding hydrogens is 152 g/mol. The van der Waals surface area contributed by atoms with Crippen molar-refractivity contribution >= 4 is 11.3 Å². The van der Waals surface area contributed by atoms with Crippen molar-refractivity contribution in [1.82, 2.24) is 9.62 Å². The van der Waals surface area contributed by atoms with Crippen LogP contribution in [0.15, 0.2) is 0 Å². The van der Waals surface area contributed by atoms with Gasteiger partial charge in [-0.05, 0) is 20.0 Å². The van der Waals surface area contributed by atoms with Crippen LogP contribution < -0.4 is 4.72 Å². The molecule has 0 aromatic heterocycles. The minimum atomic E-state index is -1.85. The first kappa shape index (κ1) is 8.13. The molecule has 60 valence electrons. The molecule has 0 aromatic carbocycles. The van der Waals surface area contributed by atoms with E-state index in [0.717, 1.165) is 19.5 Å². The minimum absolute atomic E-state index is 0.191. The maximum atomic E-state index is 10.2. The van der Waals surface area contributed by atoms with E-state index in [0.29, 0.717) is 0 Å². The Morgan fingerprint density at radius 1 is 1.80 bits per heavy atom. The molecule has 0 spiro atoms. The normalized spacial score (nSPS) is 30.8. The van der Waals surface area contributed by atoms with E-state index < -0.39 is 11.3 Å². The largest absolute Gasteiger partial charge is 0.305 e. The molecule has 0 saturated carbocycles. The number of rotatable bonds is 2. The molecule has 1 aliphatic rings. The Kier molecular flexibility index (Phi) is 2.79. The Hall–Kier alpha value is 0.0300. The Morgan fingerprint density at radius 2 is 2.50 bits per heavy atom. The quantitative estimate of drug-likeness (QED) is 0.537. The van der Waals surface area contributed by atoms with Gasteiger partial charge in [0.1, 0.15) is 0 Å². The van der Waals surface area contributed by atoms with Crippen molar-refractivity contribution in [1.29, 1.82) is 0 Å². The summed E-state index contributed by atoms with van der Waals surface area (Å²) in [5.41, 5.74) is 0.